The lowest BCUT2D eigenvalue weighted by molar-refractivity contribution is -0.138. The van der Waals surface area contributed by atoms with E-state index < -0.39 is 0 Å². The molecule has 4 heteroatoms. The second kappa shape index (κ2) is 8.92. The van der Waals surface area contributed by atoms with Gasteiger partial charge in [0.15, 0.2) is 0 Å². The van der Waals surface area contributed by atoms with Crippen LogP contribution in [0.2, 0.25) is 0 Å². The highest BCUT2D eigenvalue weighted by molar-refractivity contribution is 9.10. The Morgan fingerprint density at radius 1 is 1.09 bits per heavy atom. The first-order chi connectivity index (χ1) is 10.8. The Labute approximate surface area is 147 Å². The number of carbonyl (C=O) groups is 1. The van der Waals surface area contributed by atoms with E-state index in [2.05, 4.69) is 36.7 Å². The molecule has 0 fully saturated rings. The van der Waals surface area contributed by atoms with E-state index in [1.165, 1.54) is 0 Å². The second-order valence-electron chi connectivity index (χ2n) is 6.14. The van der Waals surface area contributed by atoms with Crippen LogP contribution in [0.15, 0.2) is 46.1 Å². The summed E-state index contributed by atoms with van der Waals surface area (Å²) in [6.45, 7) is 10.7. The minimum absolute atomic E-state index is 0.115. The van der Waals surface area contributed by atoms with Gasteiger partial charge in [-0.1, -0.05) is 48.8 Å². The number of carbonyl (C=O) groups excluding carboxylic acids is 1. The van der Waals surface area contributed by atoms with Crippen LogP contribution in [0.4, 0.5) is 0 Å². The van der Waals surface area contributed by atoms with Crippen molar-refractivity contribution in [1.29, 1.82) is 0 Å². The monoisotopic (exact) mass is 380 g/mol. The third kappa shape index (κ3) is 7.04. The molecule has 1 rings (SSSR count). The summed E-state index contributed by atoms with van der Waals surface area (Å²) in [6, 6.07) is 7.73. The Kier molecular flexibility index (Phi) is 7.56. The Morgan fingerprint density at radius 3 is 2.13 bits per heavy atom. The van der Waals surface area contributed by atoms with Crippen LogP contribution in [0.1, 0.15) is 40.2 Å². The molecule has 0 radical (unpaired) electrons. The summed E-state index contributed by atoms with van der Waals surface area (Å²) in [5, 5.41) is 0. The Hall–Kier alpha value is -1.55. The van der Waals surface area contributed by atoms with Gasteiger partial charge in [0.1, 0.15) is 11.3 Å². The highest BCUT2D eigenvalue weighted by atomic mass is 79.9. The molecule has 3 nitrogen and oxygen atoms in total. The van der Waals surface area contributed by atoms with Crippen molar-refractivity contribution in [3.05, 3.63) is 51.7 Å². The van der Waals surface area contributed by atoms with Gasteiger partial charge in [-0.3, -0.25) is 0 Å². The summed E-state index contributed by atoms with van der Waals surface area (Å²) in [4.78, 5) is 12.4. The largest absolute Gasteiger partial charge is 0.493 e. The van der Waals surface area contributed by atoms with E-state index >= 15 is 0 Å². The fourth-order valence-electron chi connectivity index (χ4n) is 1.91. The van der Waals surface area contributed by atoms with Crippen LogP contribution in [0.25, 0.3) is 6.08 Å². The van der Waals surface area contributed by atoms with Crippen molar-refractivity contribution < 1.29 is 14.3 Å². The number of allylic oxidation sites excluding steroid dienone is 1. The first-order valence-electron chi connectivity index (χ1n) is 7.77. The fourth-order valence-corrected chi connectivity index (χ4v) is 2.18. The van der Waals surface area contributed by atoms with Crippen molar-refractivity contribution in [1.82, 2.24) is 0 Å². The van der Waals surface area contributed by atoms with Gasteiger partial charge in [-0.15, -0.1) is 0 Å². The standard InChI is InChI=1S/C19H25BrO3/c1-6-22-17(13-19(3,4)5)16(18(21)23-7-2)12-14-8-10-15(20)11-9-14/h8-13H,6-7H2,1-5H3/b16-12+,17-13+. The number of hydrogen-bond acceptors (Lipinski definition) is 3. The minimum atomic E-state index is -0.376. The maximum absolute atomic E-state index is 12.4. The quantitative estimate of drug-likeness (QED) is 0.288. The molecule has 0 amide bonds. The number of esters is 1. The lowest BCUT2D eigenvalue weighted by Gasteiger charge is -2.18. The summed E-state index contributed by atoms with van der Waals surface area (Å²) < 4.78 is 11.9. The lowest BCUT2D eigenvalue weighted by Crippen LogP contribution is -2.14. The zero-order valence-electron chi connectivity index (χ0n) is 14.5. The normalized spacial score (nSPS) is 13.0. The smallest absolute Gasteiger partial charge is 0.341 e. The summed E-state index contributed by atoms with van der Waals surface area (Å²) >= 11 is 3.41. The van der Waals surface area contributed by atoms with Crippen molar-refractivity contribution in [2.75, 3.05) is 13.2 Å². The number of benzene rings is 1. The molecular weight excluding hydrogens is 356 g/mol. The van der Waals surface area contributed by atoms with Gasteiger partial charge >= 0.3 is 5.97 Å². The maximum Gasteiger partial charge on any atom is 0.341 e. The number of rotatable bonds is 6. The van der Waals surface area contributed by atoms with Crippen LogP contribution in [-0.4, -0.2) is 19.2 Å². The molecule has 23 heavy (non-hydrogen) atoms. The van der Waals surface area contributed by atoms with Crippen LogP contribution >= 0.6 is 15.9 Å². The SMILES string of the molecule is CCOC(=O)C(=C/c1ccc(Br)cc1)/C(=C\C(C)(C)C)OCC. The van der Waals surface area contributed by atoms with Gasteiger partial charge in [0.25, 0.3) is 0 Å². The molecule has 0 aliphatic rings. The molecule has 126 valence electrons. The van der Waals surface area contributed by atoms with Crippen molar-refractivity contribution in [2.24, 2.45) is 5.41 Å². The molecule has 0 atom stereocenters. The van der Waals surface area contributed by atoms with Crippen LogP contribution in [0.5, 0.6) is 0 Å². The first kappa shape index (κ1) is 19.5. The second-order valence-corrected chi connectivity index (χ2v) is 7.05. The van der Waals surface area contributed by atoms with Crippen LogP contribution < -0.4 is 0 Å². The lowest BCUT2D eigenvalue weighted by atomic mass is 9.94. The van der Waals surface area contributed by atoms with E-state index in [-0.39, 0.29) is 11.4 Å². The molecule has 0 N–H and O–H groups in total. The first-order valence-corrected chi connectivity index (χ1v) is 8.56. The zero-order valence-corrected chi connectivity index (χ0v) is 16.1. The van der Waals surface area contributed by atoms with Crippen LogP contribution in [0, 0.1) is 5.41 Å². The number of ether oxygens (including phenoxy) is 2. The van der Waals surface area contributed by atoms with Gasteiger partial charge in [0.2, 0.25) is 0 Å². The van der Waals surface area contributed by atoms with Gasteiger partial charge in [0.05, 0.1) is 13.2 Å². The van der Waals surface area contributed by atoms with E-state index in [0.29, 0.717) is 24.5 Å². The Bertz CT molecular complexity index is 578. The van der Waals surface area contributed by atoms with Crippen LogP contribution in [-0.2, 0) is 14.3 Å². The Morgan fingerprint density at radius 2 is 1.65 bits per heavy atom. The van der Waals surface area contributed by atoms with Crippen LogP contribution in [0.3, 0.4) is 0 Å². The number of hydrogen-bond donors (Lipinski definition) is 0. The van der Waals surface area contributed by atoms with Gasteiger partial charge < -0.3 is 9.47 Å². The molecule has 0 heterocycles. The molecule has 0 aliphatic carbocycles. The van der Waals surface area contributed by atoms with E-state index in [4.69, 9.17) is 9.47 Å². The third-order valence-electron chi connectivity index (χ3n) is 2.81. The van der Waals surface area contributed by atoms with Crippen molar-refractivity contribution in [2.45, 2.75) is 34.6 Å². The van der Waals surface area contributed by atoms with Gasteiger partial charge in [-0.05, 0) is 49.1 Å². The third-order valence-corrected chi connectivity index (χ3v) is 3.33. The fraction of sp³-hybridized carbons (Fsp3) is 0.421. The molecule has 0 unspecified atom stereocenters. The van der Waals surface area contributed by atoms with E-state index in [1.807, 2.05) is 37.3 Å². The average molecular weight is 381 g/mol. The molecule has 0 bridgehead atoms. The molecule has 0 spiro atoms. The van der Waals surface area contributed by atoms with Crippen molar-refractivity contribution >= 4 is 28.0 Å². The number of halogens is 1. The Balaban J connectivity index is 3.34. The highest BCUT2D eigenvalue weighted by Gasteiger charge is 2.20. The summed E-state index contributed by atoms with van der Waals surface area (Å²) in [7, 11) is 0. The molecule has 0 saturated heterocycles. The summed E-state index contributed by atoms with van der Waals surface area (Å²) in [6.07, 6.45) is 3.76. The van der Waals surface area contributed by atoms with E-state index in [9.17, 15) is 4.79 Å². The molecule has 0 aliphatic heterocycles. The molecular formula is C19H25BrO3. The summed E-state index contributed by atoms with van der Waals surface area (Å²) in [5.74, 6) is 0.181. The molecule has 1 aromatic carbocycles. The van der Waals surface area contributed by atoms with E-state index in [1.54, 1.807) is 13.0 Å². The van der Waals surface area contributed by atoms with Gasteiger partial charge in [-0.25, -0.2) is 4.79 Å². The maximum atomic E-state index is 12.4. The molecule has 1 aromatic rings. The van der Waals surface area contributed by atoms with Crippen molar-refractivity contribution in [3.63, 3.8) is 0 Å². The predicted octanol–water partition coefficient (Wildman–Crippen LogP) is 5.36. The van der Waals surface area contributed by atoms with Gasteiger partial charge in [0, 0.05) is 4.47 Å². The molecule has 0 saturated carbocycles. The predicted molar refractivity (Wildman–Crippen MR) is 97.9 cm³/mol. The van der Waals surface area contributed by atoms with Crippen molar-refractivity contribution in [3.8, 4) is 0 Å². The van der Waals surface area contributed by atoms with Gasteiger partial charge in [-0.2, -0.15) is 0 Å². The highest BCUT2D eigenvalue weighted by Crippen LogP contribution is 2.25. The summed E-state index contributed by atoms with van der Waals surface area (Å²) in [5.41, 5.74) is 1.23. The van der Waals surface area contributed by atoms with E-state index in [0.717, 1.165) is 10.0 Å². The average Bonchev–Trinajstić information content (AvgIpc) is 2.45. The zero-order chi connectivity index (χ0) is 17.5. The minimum Gasteiger partial charge on any atom is -0.493 e. The topological polar surface area (TPSA) is 35.5 Å². The molecule has 0 aromatic heterocycles.